The lowest BCUT2D eigenvalue weighted by molar-refractivity contribution is 0.181. The zero-order chi connectivity index (χ0) is 18.4. The molecule has 1 unspecified atom stereocenters. The number of nitrogens with one attached hydrogen (secondary N) is 1. The third-order valence-electron chi connectivity index (χ3n) is 5.24. The number of pyridine rings is 1. The zero-order valence-electron chi connectivity index (χ0n) is 16.3. The molecule has 0 radical (unpaired) electrons. The van der Waals surface area contributed by atoms with E-state index in [1.807, 2.05) is 19.3 Å². The number of aliphatic imine (C=N–C) groups is 1. The highest BCUT2D eigenvalue weighted by atomic mass is 16.5. The fraction of sp³-hybridized carbons (Fsp3) is 0.684. The quantitative estimate of drug-likeness (QED) is 0.621. The maximum absolute atomic E-state index is 5.49. The molecule has 26 heavy (non-hydrogen) atoms. The minimum absolute atomic E-state index is 0.595. The van der Waals surface area contributed by atoms with Crippen LogP contribution in [-0.2, 0) is 11.3 Å². The first-order chi connectivity index (χ1) is 12.7. The third-order valence-corrected chi connectivity index (χ3v) is 5.24. The molecule has 1 aromatic rings. The van der Waals surface area contributed by atoms with Crippen molar-refractivity contribution in [3.8, 4) is 0 Å². The van der Waals surface area contributed by atoms with E-state index in [1.54, 1.807) is 0 Å². The van der Waals surface area contributed by atoms with Gasteiger partial charge in [0, 0.05) is 77.6 Å². The lowest BCUT2D eigenvalue weighted by atomic mass is 10.1. The molecule has 2 saturated heterocycles. The molecule has 144 valence electrons. The molecule has 1 aromatic heterocycles. The molecule has 7 nitrogen and oxygen atoms in total. The molecule has 7 heteroatoms. The maximum atomic E-state index is 5.49. The predicted octanol–water partition coefficient (Wildman–Crippen LogP) is 0.877. The van der Waals surface area contributed by atoms with E-state index >= 15 is 0 Å². The predicted molar refractivity (Wildman–Crippen MR) is 106 cm³/mol. The van der Waals surface area contributed by atoms with Crippen molar-refractivity contribution in [1.29, 1.82) is 0 Å². The molecule has 0 bridgehead atoms. The molecular formula is C19H32N6O. The first-order valence-electron chi connectivity index (χ1n) is 9.54. The molecule has 3 rings (SSSR count). The summed E-state index contributed by atoms with van der Waals surface area (Å²) in [5.74, 6) is 2.61. The topological polar surface area (TPSA) is 56.2 Å². The average Bonchev–Trinajstić information content (AvgIpc) is 3.16. The van der Waals surface area contributed by atoms with E-state index in [0.717, 1.165) is 70.7 Å². The second-order valence-electron chi connectivity index (χ2n) is 7.29. The van der Waals surface area contributed by atoms with Crippen LogP contribution in [0.15, 0.2) is 23.3 Å². The highest BCUT2D eigenvalue weighted by Gasteiger charge is 2.20. The Balaban J connectivity index is 1.59. The van der Waals surface area contributed by atoms with Gasteiger partial charge in [-0.15, -0.1) is 0 Å². The number of hydrogen-bond acceptors (Lipinski definition) is 5. The SMILES string of the molecule is CN=C(NCc1cccnc1N1CCN(C)CC1)N(C)CC1CCOC1. The normalized spacial score (nSPS) is 21.9. The number of ether oxygens (including phenoxy) is 1. The lowest BCUT2D eigenvalue weighted by Crippen LogP contribution is -2.45. The number of guanidine groups is 1. The Hall–Kier alpha value is -1.86. The van der Waals surface area contributed by atoms with Crippen LogP contribution in [0.4, 0.5) is 5.82 Å². The molecule has 0 aromatic carbocycles. The Bertz CT molecular complexity index is 593. The van der Waals surface area contributed by atoms with Crippen LogP contribution >= 0.6 is 0 Å². The van der Waals surface area contributed by atoms with Crippen molar-refractivity contribution in [2.75, 3.05) is 72.0 Å². The molecule has 3 heterocycles. The van der Waals surface area contributed by atoms with Gasteiger partial charge in [0.2, 0.25) is 0 Å². The van der Waals surface area contributed by atoms with E-state index in [9.17, 15) is 0 Å². The summed E-state index contributed by atoms with van der Waals surface area (Å²) in [7, 11) is 6.11. The van der Waals surface area contributed by atoms with Crippen molar-refractivity contribution >= 4 is 11.8 Å². The summed E-state index contributed by atoms with van der Waals surface area (Å²) in [6.45, 7) is 7.65. The molecule has 0 amide bonds. The number of likely N-dealkylation sites (N-methyl/N-ethyl adjacent to an activating group) is 1. The monoisotopic (exact) mass is 360 g/mol. The standard InChI is InChI=1S/C19H32N6O/c1-20-19(24(3)14-16-6-12-26-15-16)22-13-17-5-4-7-21-18(17)25-10-8-23(2)9-11-25/h4-5,7,16H,6,8-15H2,1-3H3,(H,20,22). The third kappa shape index (κ3) is 4.86. The van der Waals surface area contributed by atoms with Crippen LogP contribution in [0.3, 0.4) is 0 Å². The van der Waals surface area contributed by atoms with Gasteiger partial charge in [0.15, 0.2) is 5.96 Å². The summed E-state index contributed by atoms with van der Waals surface area (Å²) in [6.07, 6.45) is 3.02. The Morgan fingerprint density at radius 1 is 1.38 bits per heavy atom. The molecule has 1 N–H and O–H groups in total. The van der Waals surface area contributed by atoms with Gasteiger partial charge in [0.1, 0.15) is 5.82 Å². The van der Waals surface area contributed by atoms with Gasteiger partial charge in [-0.1, -0.05) is 6.07 Å². The Labute approximate surface area is 157 Å². The fourth-order valence-corrected chi connectivity index (χ4v) is 3.63. The minimum Gasteiger partial charge on any atom is -0.381 e. The first kappa shape index (κ1) is 18.9. The van der Waals surface area contributed by atoms with Gasteiger partial charge in [-0.3, -0.25) is 4.99 Å². The minimum atomic E-state index is 0.595. The van der Waals surface area contributed by atoms with Crippen molar-refractivity contribution in [2.45, 2.75) is 13.0 Å². The molecule has 0 saturated carbocycles. The summed E-state index contributed by atoms with van der Waals surface area (Å²) >= 11 is 0. The van der Waals surface area contributed by atoms with Crippen LogP contribution < -0.4 is 10.2 Å². The van der Waals surface area contributed by atoms with Crippen LogP contribution in [0.25, 0.3) is 0 Å². The smallest absolute Gasteiger partial charge is 0.193 e. The van der Waals surface area contributed by atoms with Crippen molar-refractivity contribution in [2.24, 2.45) is 10.9 Å². The number of rotatable bonds is 5. The highest BCUT2D eigenvalue weighted by Crippen LogP contribution is 2.19. The number of anilines is 1. The van der Waals surface area contributed by atoms with Crippen LogP contribution in [-0.4, -0.2) is 87.8 Å². The van der Waals surface area contributed by atoms with Crippen molar-refractivity contribution in [1.82, 2.24) is 20.1 Å². The fourth-order valence-electron chi connectivity index (χ4n) is 3.63. The Morgan fingerprint density at radius 2 is 2.19 bits per heavy atom. The number of aromatic nitrogens is 1. The highest BCUT2D eigenvalue weighted by molar-refractivity contribution is 5.79. The van der Waals surface area contributed by atoms with Crippen molar-refractivity contribution in [3.05, 3.63) is 23.9 Å². The summed E-state index contributed by atoms with van der Waals surface area (Å²) < 4.78 is 5.49. The zero-order valence-corrected chi connectivity index (χ0v) is 16.3. The summed E-state index contributed by atoms with van der Waals surface area (Å²) in [4.78, 5) is 16.1. The Morgan fingerprint density at radius 3 is 2.88 bits per heavy atom. The van der Waals surface area contributed by atoms with Gasteiger partial charge >= 0.3 is 0 Å². The summed E-state index contributed by atoms with van der Waals surface area (Å²) in [6, 6.07) is 4.17. The summed E-state index contributed by atoms with van der Waals surface area (Å²) in [5.41, 5.74) is 1.22. The van der Waals surface area contributed by atoms with E-state index < -0.39 is 0 Å². The Kier molecular flexibility index (Phi) is 6.68. The largest absolute Gasteiger partial charge is 0.381 e. The number of nitrogens with zero attached hydrogens (tertiary/aromatic N) is 5. The lowest BCUT2D eigenvalue weighted by Gasteiger charge is -2.34. The maximum Gasteiger partial charge on any atom is 0.193 e. The van der Waals surface area contributed by atoms with Crippen LogP contribution in [0, 0.1) is 5.92 Å². The number of hydrogen-bond donors (Lipinski definition) is 1. The van der Waals surface area contributed by atoms with E-state index in [1.165, 1.54) is 5.56 Å². The van der Waals surface area contributed by atoms with Gasteiger partial charge in [0.25, 0.3) is 0 Å². The van der Waals surface area contributed by atoms with Gasteiger partial charge < -0.3 is 24.8 Å². The van der Waals surface area contributed by atoms with Crippen molar-refractivity contribution in [3.63, 3.8) is 0 Å². The molecule has 0 spiro atoms. The van der Waals surface area contributed by atoms with E-state index in [0.29, 0.717) is 5.92 Å². The van der Waals surface area contributed by atoms with Crippen molar-refractivity contribution < 1.29 is 4.74 Å². The molecular weight excluding hydrogens is 328 g/mol. The van der Waals surface area contributed by atoms with E-state index in [2.05, 4.69) is 50.2 Å². The second kappa shape index (κ2) is 9.19. The average molecular weight is 361 g/mol. The number of piperazine rings is 1. The first-order valence-corrected chi connectivity index (χ1v) is 9.54. The van der Waals surface area contributed by atoms with Gasteiger partial charge in [0.05, 0.1) is 6.61 Å². The van der Waals surface area contributed by atoms with E-state index in [4.69, 9.17) is 4.74 Å². The molecule has 2 fully saturated rings. The van der Waals surface area contributed by atoms with Crippen LogP contribution in [0.5, 0.6) is 0 Å². The second-order valence-corrected chi connectivity index (χ2v) is 7.29. The molecule has 0 aliphatic carbocycles. The summed E-state index contributed by atoms with van der Waals surface area (Å²) in [5, 5.41) is 3.51. The molecule has 2 aliphatic rings. The van der Waals surface area contributed by atoms with Crippen LogP contribution in [0.1, 0.15) is 12.0 Å². The van der Waals surface area contributed by atoms with E-state index in [-0.39, 0.29) is 0 Å². The van der Waals surface area contributed by atoms with Crippen LogP contribution in [0.2, 0.25) is 0 Å². The molecule has 2 aliphatic heterocycles. The van der Waals surface area contributed by atoms with Gasteiger partial charge in [-0.25, -0.2) is 4.98 Å². The van der Waals surface area contributed by atoms with Gasteiger partial charge in [-0.2, -0.15) is 0 Å². The molecule has 1 atom stereocenters. The van der Waals surface area contributed by atoms with Gasteiger partial charge in [-0.05, 0) is 19.5 Å².